The van der Waals surface area contributed by atoms with E-state index in [0.29, 0.717) is 29.0 Å². The summed E-state index contributed by atoms with van der Waals surface area (Å²) in [5, 5.41) is 0. The topological polar surface area (TPSA) is 84.0 Å². The van der Waals surface area contributed by atoms with Crippen LogP contribution in [0.25, 0.3) is 0 Å². The van der Waals surface area contributed by atoms with Crippen LogP contribution < -0.4 is 4.90 Å². The summed E-state index contributed by atoms with van der Waals surface area (Å²) >= 11 is 0. The first kappa shape index (κ1) is 25.8. The van der Waals surface area contributed by atoms with Crippen LogP contribution in [0.1, 0.15) is 80.8 Å². The molecular weight excluding hydrogens is 492 g/mol. The number of anilines is 1. The van der Waals surface area contributed by atoms with Crippen LogP contribution in [0.3, 0.4) is 0 Å². The highest BCUT2D eigenvalue weighted by Crippen LogP contribution is 2.61. The Balaban J connectivity index is 1.33. The third kappa shape index (κ3) is 4.46. The monoisotopic (exact) mass is 528 g/mol. The van der Waals surface area contributed by atoms with E-state index in [9.17, 15) is 19.2 Å². The molecule has 2 atom stereocenters. The fourth-order valence-corrected chi connectivity index (χ4v) is 8.19. The van der Waals surface area contributed by atoms with Gasteiger partial charge in [0.05, 0.1) is 35.7 Å². The van der Waals surface area contributed by atoms with E-state index in [4.69, 9.17) is 4.74 Å². The van der Waals surface area contributed by atoms with Crippen molar-refractivity contribution in [3.63, 3.8) is 0 Å². The second kappa shape index (κ2) is 9.92. The average molecular weight is 529 g/mol. The van der Waals surface area contributed by atoms with Gasteiger partial charge in [0.25, 0.3) is 5.91 Å². The van der Waals surface area contributed by atoms with Crippen molar-refractivity contribution in [3.05, 3.63) is 65.7 Å². The Hall–Kier alpha value is -3.48. The summed E-state index contributed by atoms with van der Waals surface area (Å²) in [6.45, 7) is 3.97. The van der Waals surface area contributed by atoms with Crippen LogP contribution in [0.15, 0.2) is 54.6 Å². The Morgan fingerprint density at radius 2 is 1.54 bits per heavy atom. The Labute approximate surface area is 229 Å². The first-order valence-electron chi connectivity index (χ1n) is 14.3. The summed E-state index contributed by atoms with van der Waals surface area (Å²) in [5.74, 6) is 0.633. The van der Waals surface area contributed by atoms with E-state index >= 15 is 0 Å². The van der Waals surface area contributed by atoms with Gasteiger partial charge in [-0.15, -0.1) is 0 Å². The van der Waals surface area contributed by atoms with Crippen molar-refractivity contribution in [1.29, 1.82) is 0 Å². The molecule has 2 aromatic rings. The number of carbonyl (C=O) groups is 4. The molecule has 2 unspecified atom stereocenters. The molecule has 0 spiro atoms. The smallest absolute Gasteiger partial charge is 0.338 e. The van der Waals surface area contributed by atoms with Gasteiger partial charge in [0.1, 0.15) is 6.04 Å². The number of imide groups is 1. The van der Waals surface area contributed by atoms with Crippen LogP contribution in [-0.2, 0) is 19.1 Å². The number of nitrogens with zero attached hydrogens (tertiary/aromatic N) is 2. The van der Waals surface area contributed by atoms with Crippen molar-refractivity contribution in [1.82, 2.24) is 4.90 Å². The van der Waals surface area contributed by atoms with Crippen LogP contribution in [0.4, 0.5) is 5.69 Å². The third-order valence-electron chi connectivity index (χ3n) is 9.52. The van der Waals surface area contributed by atoms with Crippen LogP contribution in [0, 0.1) is 23.2 Å². The number of carbonyl (C=O) groups excluding carboxylic acids is 4. The number of ether oxygens (including phenoxy) is 1. The molecule has 0 aromatic heterocycles. The number of amides is 3. The van der Waals surface area contributed by atoms with Crippen molar-refractivity contribution in [2.75, 3.05) is 11.5 Å². The minimum atomic E-state index is -0.863. The maximum absolute atomic E-state index is 14.7. The molecule has 7 rings (SSSR count). The fraction of sp³-hybridized carbons (Fsp3) is 0.500. The van der Waals surface area contributed by atoms with Gasteiger partial charge in [-0.25, -0.2) is 9.69 Å². The number of hydrogen-bond donors (Lipinski definition) is 0. The van der Waals surface area contributed by atoms with Gasteiger partial charge in [-0.3, -0.25) is 14.4 Å². The summed E-state index contributed by atoms with van der Waals surface area (Å²) < 4.78 is 5.05. The quantitative estimate of drug-likeness (QED) is 0.360. The van der Waals surface area contributed by atoms with Gasteiger partial charge in [-0.05, 0) is 100.0 Å². The number of rotatable bonds is 7. The largest absolute Gasteiger partial charge is 0.462 e. The van der Waals surface area contributed by atoms with Crippen molar-refractivity contribution < 1.29 is 23.9 Å². The molecular formula is C32H36N2O5. The SMILES string of the molecule is CCOC(=O)c1ccc(N2C(=O)CC(N(C(=O)C34CC5CC(CC(C5)C3)C4)C(C)c3ccccc3)C2=O)cc1. The second-order valence-corrected chi connectivity index (χ2v) is 12.1. The first-order valence-corrected chi connectivity index (χ1v) is 14.3. The number of benzene rings is 2. The summed E-state index contributed by atoms with van der Waals surface area (Å²) in [6.07, 6.45) is 6.29. The van der Waals surface area contributed by atoms with Crippen molar-refractivity contribution in [2.45, 2.75) is 70.9 Å². The zero-order chi connectivity index (χ0) is 27.3. The Kier molecular flexibility index (Phi) is 6.56. The van der Waals surface area contributed by atoms with Gasteiger partial charge in [0.15, 0.2) is 0 Å². The molecule has 1 heterocycles. The number of hydrogen-bond acceptors (Lipinski definition) is 5. The molecule has 0 radical (unpaired) electrons. The van der Waals surface area contributed by atoms with E-state index < -0.39 is 17.4 Å². The molecule has 4 bridgehead atoms. The average Bonchev–Trinajstić information content (AvgIpc) is 3.21. The molecule has 1 saturated heterocycles. The molecule has 4 aliphatic carbocycles. The van der Waals surface area contributed by atoms with E-state index in [1.54, 1.807) is 36.1 Å². The maximum Gasteiger partial charge on any atom is 0.338 e. The zero-order valence-electron chi connectivity index (χ0n) is 22.7. The van der Waals surface area contributed by atoms with Crippen LogP contribution in [-0.4, -0.2) is 41.2 Å². The lowest BCUT2D eigenvalue weighted by atomic mass is 9.49. The van der Waals surface area contributed by atoms with E-state index in [0.717, 1.165) is 24.8 Å². The molecule has 3 amide bonds. The molecule has 39 heavy (non-hydrogen) atoms. The van der Waals surface area contributed by atoms with Crippen LogP contribution in [0.2, 0.25) is 0 Å². The van der Waals surface area contributed by atoms with E-state index in [2.05, 4.69) is 0 Å². The van der Waals surface area contributed by atoms with Gasteiger partial charge in [0.2, 0.25) is 11.8 Å². The zero-order valence-corrected chi connectivity index (χ0v) is 22.7. The molecule has 7 heteroatoms. The summed E-state index contributed by atoms with van der Waals surface area (Å²) in [6, 6.07) is 14.9. The lowest BCUT2D eigenvalue weighted by Gasteiger charge is -2.57. The highest BCUT2D eigenvalue weighted by Gasteiger charge is 2.58. The minimum absolute atomic E-state index is 0.0450. The predicted molar refractivity (Wildman–Crippen MR) is 146 cm³/mol. The van der Waals surface area contributed by atoms with E-state index in [1.165, 1.54) is 24.2 Å². The summed E-state index contributed by atoms with van der Waals surface area (Å²) in [7, 11) is 0. The Morgan fingerprint density at radius 1 is 0.949 bits per heavy atom. The normalized spacial score (nSPS) is 29.9. The standard InChI is InChI=1S/C32H36N2O5/c1-3-39-30(37)25-9-11-26(12-10-25)34-28(35)16-27(29(34)36)33(20(2)24-7-5-4-6-8-24)31(38)32-17-21-13-22(18-32)15-23(14-21)19-32/h4-12,20-23,27H,3,13-19H2,1-2H3. The molecule has 5 aliphatic rings. The van der Waals surface area contributed by atoms with Gasteiger partial charge in [-0.1, -0.05) is 30.3 Å². The van der Waals surface area contributed by atoms with Gasteiger partial charge < -0.3 is 9.64 Å². The summed E-state index contributed by atoms with van der Waals surface area (Å²) in [4.78, 5) is 57.0. The van der Waals surface area contributed by atoms with Gasteiger partial charge in [-0.2, -0.15) is 0 Å². The molecule has 7 nitrogen and oxygen atoms in total. The molecule has 4 saturated carbocycles. The van der Waals surface area contributed by atoms with E-state index in [1.807, 2.05) is 37.3 Å². The van der Waals surface area contributed by atoms with Crippen LogP contribution >= 0.6 is 0 Å². The van der Waals surface area contributed by atoms with Gasteiger partial charge >= 0.3 is 5.97 Å². The lowest BCUT2D eigenvalue weighted by Crippen LogP contribution is -2.58. The van der Waals surface area contributed by atoms with Crippen molar-refractivity contribution in [2.24, 2.45) is 23.2 Å². The van der Waals surface area contributed by atoms with Crippen LogP contribution in [0.5, 0.6) is 0 Å². The predicted octanol–water partition coefficient (Wildman–Crippen LogP) is 5.30. The fourth-order valence-electron chi connectivity index (χ4n) is 8.19. The Bertz CT molecular complexity index is 1250. The minimum Gasteiger partial charge on any atom is -0.462 e. The first-order chi connectivity index (χ1) is 18.8. The maximum atomic E-state index is 14.7. The molecule has 2 aromatic carbocycles. The Morgan fingerprint density at radius 3 is 2.10 bits per heavy atom. The lowest BCUT2D eigenvalue weighted by molar-refractivity contribution is -0.164. The molecule has 0 N–H and O–H groups in total. The summed E-state index contributed by atoms with van der Waals surface area (Å²) in [5.41, 5.74) is 1.27. The van der Waals surface area contributed by atoms with Gasteiger partial charge in [0, 0.05) is 0 Å². The molecule has 5 fully saturated rings. The molecule has 204 valence electrons. The third-order valence-corrected chi connectivity index (χ3v) is 9.52. The van der Waals surface area contributed by atoms with Crippen molar-refractivity contribution >= 4 is 29.4 Å². The van der Waals surface area contributed by atoms with Crippen molar-refractivity contribution in [3.8, 4) is 0 Å². The highest BCUT2D eigenvalue weighted by molar-refractivity contribution is 6.23. The van der Waals surface area contributed by atoms with E-state index in [-0.39, 0.29) is 36.8 Å². The molecule has 1 aliphatic heterocycles. The number of esters is 1. The second-order valence-electron chi connectivity index (χ2n) is 12.1. The highest BCUT2D eigenvalue weighted by atomic mass is 16.5.